The molecule has 0 aliphatic carbocycles. The number of anilines is 1. The van der Waals surface area contributed by atoms with Gasteiger partial charge in [0.15, 0.2) is 0 Å². The number of hydrogen-bond donors (Lipinski definition) is 1. The fourth-order valence-corrected chi connectivity index (χ4v) is 3.23. The third-order valence-corrected chi connectivity index (χ3v) is 4.65. The first-order valence-corrected chi connectivity index (χ1v) is 8.32. The van der Waals surface area contributed by atoms with Crippen LogP contribution in [0.5, 0.6) is 5.75 Å². The van der Waals surface area contributed by atoms with E-state index in [2.05, 4.69) is 6.92 Å². The Bertz CT molecular complexity index is 407. The molecule has 0 spiro atoms. The molecule has 0 aliphatic rings. The zero-order valence-corrected chi connectivity index (χ0v) is 12.8. The lowest BCUT2D eigenvalue weighted by Gasteiger charge is -2.08. The van der Waals surface area contributed by atoms with Crippen molar-refractivity contribution in [1.29, 1.82) is 0 Å². The highest BCUT2D eigenvalue weighted by atomic mass is 32.2. The Labute approximate surface area is 119 Å². The molecule has 0 saturated carbocycles. The van der Waals surface area contributed by atoms with Crippen LogP contribution < -0.4 is 10.5 Å². The molecule has 1 rings (SSSR count). The zero-order valence-electron chi connectivity index (χ0n) is 12.0. The number of hydrogen-bond acceptors (Lipinski definition) is 3. The Morgan fingerprint density at radius 1 is 1.16 bits per heavy atom. The number of unbranched alkanes of at least 4 members (excludes halogenated alkanes) is 5. The molecule has 0 aromatic heterocycles. The Morgan fingerprint density at radius 2 is 1.84 bits per heavy atom. The lowest BCUT2D eigenvalue weighted by molar-refractivity contribution is 0.413. The van der Waals surface area contributed by atoms with E-state index in [4.69, 9.17) is 10.5 Å². The Hall–Kier alpha value is -1.03. The largest absolute Gasteiger partial charge is 0.497 e. The van der Waals surface area contributed by atoms with Gasteiger partial charge in [-0.3, -0.25) is 4.21 Å². The van der Waals surface area contributed by atoms with E-state index in [-0.39, 0.29) is 0 Å². The Kier molecular flexibility index (Phi) is 7.56. The summed E-state index contributed by atoms with van der Waals surface area (Å²) in [7, 11) is 0.584. The maximum Gasteiger partial charge on any atom is 0.120 e. The minimum atomic E-state index is -1.02. The SMILES string of the molecule is CCCCCCCCS(=O)c1cc(OC)ccc1N. The van der Waals surface area contributed by atoms with Crippen LogP contribution >= 0.6 is 0 Å². The standard InChI is InChI=1S/C15H25NO2S/c1-3-4-5-6-7-8-11-19(17)15-12-13(18-2)9-10-14(15)16/h9-10,12H,3-8,11,16H2,1-2H3. The normalized spacial score (nSPS) is 12.3. The fourth-order valence-electron chi connectivity index (χ4n) is 1.96. The molecule has 1 atom stereocenters. The van der Waals surface area contributed by atoms with Crippen molar-refractivity contribution >= 4 is 16.5 Å². The van der Waals surface area contributed by atoms with Crippen molar-refractivity contribution in [1.82, 2.24) is 0 Å². The van der Waals surface area contributed by atoms with Gasteiger partial charge in [-0.1, -0.05) is 39.0 Å². The van der Waals surface area contributed by atoms with Crippen LogP contribution in [0.2, 0.25) is 0 Å². The van der Waals surface area contributed by atoms with Gasteiger partial charge in [-0.05, 0) is 24.6 Å². The van der Waals surface area contributed by atoms with Crippen molar-refractivity contribution in [2.75, 3.05) is 18.6 Å². The topological polar surface area (TPSA) is 52.3 Å². The van der Waals surface area contributed by atoms with Gasteiger partial charge in [0.05, 0.1) is 22.8 Å². The highest BCUT2D eigenvalue weighted by Gasteiger charge is 2.09. The number of ether oxygens (including phenoxy) is 1. The first-order chi connectivity index (χ1) is 9.19. The minimum absolute atomic E-state index is 0.588. The second-order valence-corrected chi connectivity index (χ2v) is 6.26. The average Bonchev–Trinajstić information content (AvgIpc) is 2.43. The summed E-state index contributed by atoms with van der Waals surface area (Å²) in [4.78, 5) is 0.702. The molecule has 0 radical (unpaired) electrons. The van der Waals surface area contributed by atoms with Crippen molar-refractivity contribution in [3.05, 3.63) is 18.2 Å². The van der Waals surface area contributed by atoms with Crippen molar-refractivity contribution in [2.45, 2.75) is 50.3 Å². The maximum absolute atomic E-state index is 12.2. The molecule has 2 N–H and O–H groups in total. The molecular formula is C15H25NO2S. The number of nitrogens with two attached hydrogens (primary N) is 1. The van der Waals surface area contributed by atoms with Crippen LogP contribution in [0.15, 0.2) is 23.1 Å². The maximum atomic E-state index is 12.2. The lowest BCUT2D eigenvalue weighted by atomic mass is 10.1. The van der Waals surface area contributed by atoms with E-state index in [1.807, 2.05) is 0 Å². The number of nitrogen functional groups attached to an aromatic ring is 1. The monoisotopic (exact) mass is 283 g/mol. The van der Waals surface area contributed by atoms with E-state index in [0.29, 0.717) is 22.1 Å². The van der Waals surface area contributed by atoms with Gasteiger partial charge in [0, 0.05) is 11.4 Å². The highest BCUT2D eigenvalue weighted by Crippen LogP contribution is 2.23. The second-order valence-electron chi connectivity index (χ2n) is 4.72. The third-order valence-electron chi connectivity index (χ3n) is 3.15. The molecule has 108 valence electrons. The van der Waals surface area contributed by atoms with Crippen molar-refractivity contribution in [2.24, 2.45) is 0 Å². The van der Waals surface area contributed by atoms with Crippen LogP contribution in [0, 0.1) is 0 Å². The summed E-state index contributed by atoms with van der Waals surface area (Å²) < 4.78 is 17.3. The Morgan fingerprint density at radius 3 is 2.53 bits per heavy atom. The van der Waals surface area contributed by atoms with Gasteiger partial charge in [0.1, 0.15) is 5.75 Å². The lowest BCUT2D eigenvalue weighted by Crippen LogP contribution is -2.03. The van der Waals surface area contributed by atoms with Crippen molar-refractivity contribution < 1.29 is 8.95 Å². The van der Waals surface area contributed by atoms with E-state index in [0.717, 1.165) is 12.8 Å². The summed E-state index contributed by atoms with van der Waals surface area (Å²) in [6, 6.07) is 5.33. The van der Waals surface area contributed by atoms with Gasteiger partial charge in [0.2, 0.25) is 0 Å². The minimum Gasteiger partial charge on any atom is -0.497 e. The van der Waals surface area contributed by atoms with Crippen LogP contribution in [0.1, 0.15) is 45.4 Å². The van der Waals surface area contributed by atoms with Gasteiger partial charge >= 0.3 is 0 Å². The summed E-state index contributed by atoms with van der Waals surface area (Å²) in [5, 5.41) is 0. The first-order valence-electron chi connectivity index (χ1n) is 7.01. The van der Waals surface area contributed by atoms with Crippen molar-refractivity contribution in [3.8, 4) is 5.75 Å². The Balaban J connectivity index is 2.40. The van der Waals surface area contributed by atoms with E-state index in [1.54, 1.807) is 25.3 Å². The van der Waals surface area contributed by atoms with E-state index in [1.165, 1.54) is 25.7 Å². The number of benzene rings is 1. The van der Waals surface area contributed by atoms with Crippen LogP contribution in [0.4, 0.5) is 5.69 Å². The molecule has 1 unspecified atom stereocenters. The molecule has 4 heteroatoms. The van der Waals surface area contributed by atoms with Gasteiger partial charge < -0.3 is 10.5 Å². The molecular weight excluding hydrogens is 258 g/mol. The van der Waals surface area contributed by atoms with E-state index in [9.17, 15) is 4.21 Å². The average molecular weight is 283 g/mol. The predicted molar refractivity (Wildman–Crippen MR) is 82.1 cm³/mol. The molecule has 1 aromatic rings. The summed E-state index contributed by atoms with van der Waals surface area (Å²) in [5.41, 5.74) is 6.45. The molecule has 0 heterocycles. The van der Waals surface area contributed by atoms with Crippen LogP contribution in [-0.4, -0.2) is 17.1 Å². The summed E-state index contributed by atoms with van der Waals surface area (Å²) >= 11 is 0. The van der Waals surface area contributed by atoms with Crippen molar-refractivity contribution in [3.63, 3.8) is 0 Å². The molecule has 1 aromatic carbocycles. The zero-order chi connectivity index (χ0) is 14.1. The predicted octanol–water partition coefficient (Wildman–Crippen LogP) is 3.75. The van der Waals surface area contributed by atoms with Crippen LogP contribution in [-0.2, 0) is 10.8 Å². The molecule has 19 heavy (non-hydrogen) atoms. The van der Waals surface area contributed by atoms with Gasteiger partial charge in [-0.25, -0.2) is 0 Å². The van der Waals surface area contributed by atoms with E-state index < -0.39 is 10.8 Å². The fraction of sp³-hybridized carbons (Fsp3) is 0.600. The smallest absolute Gasteiger partial charge is 0.120 e. The quantitative estimate of drug-likeness (QED) is 0.555. The second kappa shape index (κ2) is 8.97. The molecule has 0 amide bonds. The molecule has 0 bridgehead atoms. The summed E-state index contributed by atoms with van der Waals surface area (Å²) in [5.74, 6) is 1.39. The van der Waals surface area contributed by atoms with Gasteiger partial charge in [-0.2, -0.15) is 0 Å². The van der Waals surface area contributed by atoms with Crippen LogP contribution in [0.3, 0.4) is 0 Å². The summed E-state index contributed by atoms with van der Waals surface area (Å²) in [6.45, 7) is 2.21. The van der Waals surface area contributed by atoms with Gasteiger partial charge in [-0.15, -0.1) is 0 Å². The molecule has 3 nitrogen and oxygen atoms in total. The van der Waals surface area contributed by atoms with E-state index >= 15 is 0 Å². The first kappa shape index (κ1) is 16.0. The molecule has 0 saturated heterocycles. The molecule has 0 aliphatic heterocycles. The number of rotatable bonds is 9. The van der Waals surface area contributed by atoms with Gasteiger partial charge in [0.25, 0.3) is 0 Å². The number of methoxy groups -OCH3 is 1. The van der Waals surface area contributed by atoms with Crippen LogP contribution in [0.25, 0.3) is 0 Å². The summed E-state index contributed by atoms with van der Waals surface area (Å²) in [6.07, 6.45) is 7.21. The highest BCUT2D eigenvalue weighted by molar-refractivity contribution is 7.85. The molecule has 0 fully saturated rings. The third kappa shape index (κ3) is 5.64.